The minimum absolute atomic E-state index is 0.150. The predicted octanol–water partition coefficient (Wildman–Crippen LogP) is 7.63. The highest BCUT2D eigenvalue weighted by Gasteiger charge is 2.51. The van der Waals surface area contributed by atoms with Gasteiger partial charge in [0, 0.05) is 56.9 Å². The highest BCUT2D eigenvalue weighted by molar-refractivity contribution is 7.84. The second-order valence-electron chi connectivity index (χ2n) is 12.5. The van der Waals surface area contributed by atoms with E-state index < -0.39 is 57.7 Å². The van der Waals surface area contributed by atoms with Crippen LogP contribution in [-0.2, 0) is 18.7 Å². The Morgan fingerprint density at radius 3 is 0.875 bits per heavy atom. The quantitative estimate of drug-likeness (QED) is 0.0543. The molecule has 0 fully saturated rings. The van der Waals surface area contributed by atoms with Crippen LogP contribution in [0, 0.1) is 20.2 Å². The molecule has 0 amide bonds. The lowest BCUT2D eigenvalue weighted by molar-refractivity contribution is -0.385. The molecule has 1 aliphatic rings. The average molecular weight is 781 g/mol. The van der Waals surface area contributed by atoms with Crippen molar-refractivity contribution in [1.82, 2.24) is 0 Å². The molecule has 6 aromatic rings. The number of non-ortho nitro benzene ring substituents is 2. The first-order valence-electron chi connectivity index (χ1n) is 17.1. The minimum atomic E-state index is -4.31. The summed E-state index contributed by atoms with van der Waals surface area (Å²) in [6, 6.07) is 43.0. The zero-order valence-corrected chi connectivity index (χ0v) is 31.0. The number of hydrogen-bond acceptors (Lipinski definition) is 10. The van der Waals surface area contributed by atoms with E-state index in [1.54, 1.807) is 121 Å². The van der Waals surface area contributed by atoms with Gasteiger partial charge in [0.2, 0.25) is 11.6 Å². The first-order valence-corrected chi connectivity index (χ1v) is 20.5. The van der Waals surface area contributed by atoms with Crippen LogP contribution in [0.3, 0.4) is 0 Å². The van der Waals surface area contributed by atoms with Crippen molar-refractivity contribution in [3.63, 3.8) is 0 Å². The van der Waals surface area contributed by atoms with E-state index >= 15 is 18.7 Å². The van der Waals surface area contributed by atoms with Crippen molar-refractivity contribution in [1.29, 1.82) is 0 Å². The zero-order valence-electron chi connectivity index (χ0n) is 29.2. The molecule has 7 rings (SSSR count). The van der Waals surface area contributed by atoms with Crippen LogP contribution in [0.5, 0.6) is 0 Å². The molecule has 0 unspecified atom stereocenters. The van der Waals surface area contributed by atoms with Crippen molar-refractivity contribution in [2.24, 2.45) is 0 Å². The third-order valence-electron chi connectivity index (χ3n) is 9.16. The minimum Gasteiger partial charge on any atom is -0.352 e. The molecule has 0 radical (unpaired) electrons. The van der Waals surface area contributed by atoms with Gasteiger partial charge in [0.15, 0.2) is 14.3 Å². The maximum absolute atomic E-state index is 16.1. The molecule has 0 spiro atoms. The van der Waals surface area contributed by atoms with Crippen LogP contribution in [-0.4, -0.2) is 21.4 Å². The van der Waals surface area contributed by atoms with Gasteiger partial charge < -0.3 is 19.8 Å². The monoisotopic (exact) mass is 780 g/mol. The number of carbonyl (C=O) groups excluding carboxylic acids is 2. The number of Topliss-reactive ketones (excluding diaryl/α,β-unsaturated/α-hetero) is 2. The molecular weight excluding hydrogens is 750 g/mol. The molecule has 6 aromatic carbocycles. The number of nitrogens with zero attached hydrogens (tertiary/aromatic N) is 2. The molecule has 1 aliphatic carbocycles. The Bertz CT molecular complexity index is 2380. The molecule has 276 valence electrons. The fourth-order valence-electron chi connectivity index (χ4n) is 6.50. The topological polar surface area (TPSA) is 179 Å². The molecule has 2 N–H and O–H groups in total. The van der Waals surface area contributed by atoms with Crippen LogP contribution in [0.1, 0.15) is 0 Å². The van der Waals surface area contributed by atoms with Gasteiger partial charge >= 0.3 is 0 Å². The molecular formula is C42H30N4O8P2. The van der Waals surface area contributed by atoms with Gasteiger partial charge in [0.1, 0.15) is 11.4 Å². The zero-order chi connectivity index (χ0) is 39.5. The Morgan fingerprint density at radius 1 is 0.393 bits per heavy atom. The normalized spacial score (nSPS) is 13.4. The van der Waals surface area contributed by atoms with Crippen molar-refractivity contribution in [2.75, 3.05) is 10.6 Å². The van der Waals surface area contributed by atoms with Crippen molar-refractivity contribution < 1.29 is 28.6 Å². The van der Waals surface area contributed by atoms with Gasteiger partial charge in [-0.05, 0) is 24.3 Å². The van der Waals surface area contributed by atoms with Gasteiger partial charge in [0.05, 0.1) is 20.5 Å². The second kappa shape index (κ2) is 15.4. The number of allylic oxidation sites excluding steroid dienone is 2. The summed E-state index contributed by atoms with van der Waals surface area (Å²) in [6.07, 6.45) is 0. The number of nitrogens with one attached hydrogen (secondary N) is 2. The number of nitro benzene ring substituents is 2. The molecule has 12 nitrogen and oxygen atoms in total. The molecule has 0 bridgehead atoms. The molecule has 0 heterocycles. The van der Waals surface area contributed by atoms with E-state index in [1.807, 2.05) is 0 Å². The fraction of sp³-hybridized carbons (Fsp3) is 0. The number of carbonyl (C=O) groups is 2. The van der Waals surface area contributed by atoms with E-state index in [4.69, 9.17) is 0 Å². The number of benzene rings is 6. The lowest BCUT2D eigenvalue weighted by Gasteiger charge is -2.33. The molecule has 0 saturated carbocycles. The Labute approximate surface area is 320 Å². The standard InChI is InChI=1S/C42H30N4O8P2/c47-39-38(44-30-23-27-32(28-24-30)46(51)52)42(56(54,35-17-9-3-10-18-35)36-19-11-4-12-20-36)40(48)37(43-29-21-25-31(26-22-29)45(49)50)41(39)55(53,33-13-5-1-6-14-33)34-15-7-2-8-16-34/h1-28,43-44H. The van der Waals surface area contributed by atoms with Gasteiger partial charge in [-0.1, -0.05) is 121 Å². The summed E-state index contributed by atoms with van der Waals surface area (Å²) in [7, 11) is -8.62. The summed E-state index contributed by atoms with van der Waals surface area (Å²) >= 11 is 0. The predicted molar refractivity (Wildman–Crippen MR) is 217 cm³/mol. The maximum atomic E-state index is 16.1. The molecule has 14 heteroatoms. The SMILES string of the molecule is O=C1C(Nc2ccc([N+](=O)[O-])cc2)=C(P(=O)(c2ccccc2)c2ccccc2)C(=O)C(Nc2ccc([N+](=O)[O-])cc2)=C1P(=O)(c1ccccc1)c1ccccc1. The summed E-state index contributed by atoms with van der Waals surface area (Å²) < 4.78 is 32.3. The van der Waals surface area contributed by atoms with Crippen molar-refractivity contribution in [3.05, 3.63) is 212 Å². The Balaban J connectivity index is 1.58. The molecule has 0 aliphatic heterocycles. The van der Waals surface area contributed by atoms with Crippen molar-refractivity contribution >= 4 is 69.8 Å². The number of rotatable bonds is 12. The first-order chi connectivity index (χ1) is 27.0. The highest BCUT2D eigenvalue weighted by Crippen LogP contribution is 2.61. The van der Waals surface area contributed by atoms with E-state index in [-0.39, 0.29) is 44.0 Å². The number of hydrogen-bond donors (Lipinski definition) is 2. The average Bonchev–Trinajstić information content (AvgIpc) is 3.24. The summed E-state index contributed by atoms with van der Waals surface area (Å²) in [5.74, 6) is -1.85. The van der Waals surface area contributed by atoms with E-state index in [2.05, 4.69) is 10.6 Å². The fourth-order valence-corrected chi connectivity index (χ4v) is 12.2. The Kier molecular flexibility index (Phi) is 10.3. The summed E-state index contributed by atoms with van der Waals surface area (Å²) in [6.45, 7) is 0. The summed E-state index contributed by atoms with van der Waals surface area (Å²) in [4.78, 5) is 53.2. The van der Waals surface area contributed by atoms with Gasteiger partial charge in [0.25, 0.3) is 11.4 Å². The summed E-state index contributed by atoms with van der Waals surface area (Å²) in [5.41, 5.74) is -1.03. The highest BCUT2D eigenvalue weighted by atomic mass is 31.2. The maximum Gasteiger partial charge on any atom is 0.269 e. The third-order valence-corrected chi connectivity index (χ3v) is 15.4. The van der Waals surface area contributed by atoms with Crippen LogP contribution in [0.4, 0.5) is 22.7 Å². The molecule has 0 aromatic heterocycles. The van der Waals surface area contributed by atoms with Crippen molar-refractivity contribution in [2.45, 2.75) is 0 Å². The van der Waals surface area contributed by atoms with Crippen LogP contribution < -0.4 is 31.9 Å². The van der Waals surface area contributed by atoms with E-state index in [0.717, 1.165) is 0 Å². The van der Waals surface area contributed by atoms with Crippen LogP contribution in [0.15, 0.2) is 192 Å². The van der Waals surface area contributed by atoms with Crippen LogP contribution >= 0.6 is 14.3 Å². The Morgan fingerprint density at radius 2 is 0.643 bits per heavy atom. The lowest BCUT2D eigenvalue weighted by atomic mass is 10.0. The van der Waals surface area contributed by atoms with Crippen LogP contribution in [0.2, 0.25) is 0 Å². The van der Waals surface area contributed by atoms with Gasteiger partial charge in [-0.2, -0.15) is 0 Å². The lowest BCUT2D eigenvalue weighted by Crippen LogP contribution is -2.36. The smallest absolute Gasteiger partial charge is 0.269 e. The Hall–Kier alpha value is -7.00. The number of anilines is 2. The number of ketones is 2. The van der Waals surface area contributed by atoms with E-state index in [1.165, 1.54) is 48.5 Å². The van der Waals surface area contributed by atoms with Gasteiger partial charge in [-0.3, -0.25) is 29.8 Å². The molecule has 56 heavy (non-hydrogen) atoms. The van der Waals surface area contributed by atoms with Crippen molar-refractivity contribution in [3.8, 4) is 0 Å². The molecule has 0 atom stereocenters. The molecule has 0 saturated heterocycles. The van der Waals surface area contributed by atoms with Gasteiger partial charge in [-0.15, -0.1) is 0 Å². The second-order valence-corrected chi connectivity index (χ2v) is 17.9. The summed E-state index contributed by atoms with van der Waals surface area (Å²) in [5, 5.41) is 29.0. The van der Waals surface area contributed by atoms with E-state index in [9.17, 15) is 20.2 Å². The third kappa shape index (κ3) is 6.79. The van der Waals surface area contributed by atoms with Crippen LogP contribution in [0.25, 0.3) is 0 Å². The van der Waals surface area contributed by atoms with Gasteiger partial charge in [-0.25, -0.2) is 0 Å². The van der Waals surface area contributed by atoms with E-state index in [0.29, 0.717) is 0 Å². The number of nitro groups is 2. The first kappa shape index (κ1) is 37.3. The largest absolute Gasteiger partial charge is 0.352 e.